The van der Waals surface area contributed by atoms with Crippen molar-refractivity contribution < 1.29 is 39.2 Å². The Bertz CT molecular complexity index is 887. The van der Waals surface area contributed by atoms with Crippen LogP contribution < -0.4 is 10.3 Å². The maximum absolute atomic E-state index is 13.4. The molecule has 25 heavy (non-hydrogen) atoms. The highest BCUT2D eigenvalue weighted by molar-refractivity contribution is 7.89. The molecule has 0 heterocycles. The second-order valence-electron chi connectivity index (χ2n) is 4.60. The van der Waals surface area contributed by atoms with Crippen molar-refractivity contribution in [2.45, 2.75) is 11.1 Å². The van der Waals surface area contributed by atoms with Crippen LogP contribution in [0.25, 0.3) is 0 Å². The number of sulfonamides is 1. The Hall–Kier alpha value is -2.34. The first-order valence-corrected chi connectivity index (χ1v) is 7.70. The molecule has 0 unspecified atom stereocenters. The van der Waals surface area contributed by atoms with E-state index in [-0.39, 0.29) is 12.1 Å². The Kier molecular flexibility index (Phi) is 4.95. The zero-order chi connectivity index (χ0) is 19.0. The predicted molar refractivity (Wildman–Crippen MR) is 71.7 cm³/mol. The molecule has 0 aromatic heterocycles. The van der Waals surface area contributed by atoms with Crippen molar-refractivity contribution in [1.29, 1.82) is 0 Å². The second-order valence-corrected chi connectivity index (χ2v) is 6.28. The van der Waals surface area contributed by atoms with Crippen LogP contribution in [0.3, 0.4) is 0 Å². The molecule has 2 aromatic rings. The van der Waals surface area contributed by atoms with E-state index < -0.39 is 55.6 Å². The van der Waals surface area contributed by atoms with Gasteiger partial charge in [0.15, 0.2) is 23.3 Å². The fraction of sp³-hybridized carbons (Fsp3) is 0.0769. The first kappa shape index (κ1) is 19.0. The number of hydrogen-bond acceptors (Lipinski definition) is 3. The van der Waals surface area contributed by atoms with E-state index >= 15 is 0 Å². The molecule has 2 aromatic carbocycles. The summed E-state index contributed by atoms with van der Waals surface area (Å²) in [5.41, 5.74) is -1.37. The molecular weight excluding hydrogens is 381 g/mol. The van der Waals surface area contributed by atoms with Crippen LogP contribution in [-0.4, -0.2) is 8.42 Å². The van der Waals surface area contributed by atoms with E-state index in [1.165, 1.54) is 10.3 Å². The Morgan fingerprint density at radius 2 is 1.44 bits per heavy atom. The molecule has 0 amide bonds. The number of alkyl halides is 3. The van der Waals surface area contributed by atoms with E-state index in [1.807, 2.05) is 0 Å². The van der Waals surface area contributed by atoms with Crippen molar-refractivity contribution in [2.75, 3.05) is 5.43 Å². The minimum Gasteiger partial charge on any atom is -0.302 e. The summed E-state index contributed by atoms with van der Waals surface area (Å²) in [7, 11) is -4.74. The van der Waals surface area contributed by atoms with Crippen LogP contribution >= 0.6 is 0 Å². The smallest absolute Gasteiger partial charge is 0.302 e. The molecule has 0 atom stereocenters. The van der Waals surface area contributed by atoms with Crippen LogP contribution in [-0.2, 0) is 16.2 Å². The SMILES string of the molecule is O=S(=O)(NNc1c(F)c(F)cc(F)c1F)c1cccc(C(F)(F)F)c1. The molecule has 0 spiro atoms. The first-order valence-electron chi connectivity index (χ1n) is 6.21. The summed E-state index contributed by atoms with van der Waals surface area (Å²) >= 11 is 0. The molecule has 2 N–H and O–H groups in total. The van der Waals surface area contributed by atoms with Gasteiger partial charge in [0.05, 0.1) is 10.5 Å². The molecular formula is C13H7F7N2O2S. The first-order chi connectivity index (χ1) is 11.4. The zero-order valence-corrected chi connectivity index (χ0v) is 12.6. The van der Waals surface area contributed by atoms with Crippen molar-refractivity contribution in [3.8, 4) is 0 Å². The number of rotatable bonds is 4. The van der Waals surface area contributed by atoms with Crippen LogP contribution in [0, 0.1) is 23.3 Å². The van der Waals surface area contributed by atoms with E-state index in [9.17, 15) is 39.2 Å². The van der Waals surface area contributed by atoms with Crippen molar-refractivity contribution in [2.24, 2.45) is 0 Å². The fourth-order valence-corrected chi connectivity index (χ4v) is 2.59. The van der Waals surface area contributed by atoms with Crippen LogP contribution in [0.5, 0.6) is 0 Å². The highest BCUT2D eigenvalue weighted by Gasteiger charge is 2.31. The number of halogens is 7. The van der Waals surface area contributed by atoms with Gasteiger partial charge < -0.3 is 5.43 Å². The molecule has 0 fully saturated rings. The number of benzene rings is 2. The van der Waals surface area contributed by atoms with Gasteiger partial charge in [0.1, 0.15) is 5.69 Å². The van der Waals surface area contributed by atoms with Gasteiger partial charge in [-0.3, -0.25) is 0 Å². The summed E-state index contributed by atoms with van der Waals surface area (Å²) in [6.45, 7) is 0. The minimum atomic E-state index is -4.83. The Balaban J connectivity index is 2.33. The quantitative estimate of drug-likeness (QED) is 0.478. The minimum absolute atomic E-state index is 0.100. The van der Waals surface area contributed by atoms with Gasteiger partial charge in [-0.2, -0.15) is 13.2 Å². The summed E-state index contributed by atoms with van der Waals surface area (Å²) in [5.74, 6) is -7.46. The zero-order valence-electron chi connectivity index (χ0n) is 11.8. The molecule has 4 nitrogen and oxygen atoms in total. The molecule has 0 saturated heterocycles. The highest BCUT2D eigenvalue weighted by Crippen LogP contribution is 2.30. The third kappa shape index (κ3) is 4.02. The summed E-state index contributed by atoms with van der Waals surface area (Å²) in [4.78, 5) is 0.452. The van der Waals surface area contributed by atoms with E-state index in [2.05, 4.69) is 0 Å². The molecule has 0 bridgehead atoms. The topological polar surface area (TPSA) is 58.2 Å². The van der Waals surface area contributed by atoms with Crippen LogP contribution in [0.15, 0.2) is 35.2 Å². The maximum atomic E-state index is 13.4. The predicted octanol–water partition coefficient (Wildman–Crippen LogP) is 3.57. The summed E-state index contributed by atoms with van der Waals surface area (Å²) in [5, 5.41) is 0. The maximum Gasteiger partial charge on any atom is 0.416 e. The van der Waals surface area contributed by atoms with Gasteiger partial charge in [0.25, 0.3) is 10.0 Å². The normalized spacial score (nSPS) is 12.3. The van der Waals surface area contributed by atoms with Gasteiger partial charge in [0, 0.05) is 6.07 Å². The summed E-state index contributed by atoms with van der Waals surface area (Å²) in [6.07, 6.45) is -4.83. The number of anilines is 1. The molecule has 2 rings (SSSR count). The third-order valence-corrected chi connectivity index (χ3v) is 4.14. The van der Waals surface area contributed by atoms with Crippen LogP contribution in [0.2, 0.25) is 0 Å². The molecule has 0 aliphatic heterocycles. The monoisotopic (exact) mass is 388 g/mol. The lowest BCUT2D eigenvalue weighted by molar-refractivity contribution is -0.137. The van der Waals surface area contributed by atoms with Crippen LogP contribution in [0.1, 0.15) is 5.56 Å². The van der Waals surface area contributed by atoms with Crippen molar-refractivity contribution in [3.05, 3.63) is 59.2 Å². The Morgan fingerprint density at radius 1 is 0.880 bits per heavy atom. The lowest BCUT2D eigenvalue weighted by Gasteiger charge is -2.13. The molecule has 0 aliphatic rings. The number of hydrazine groups is 1. The Labute approximate surface area is 136 Å². The van der Waals surface area contributed by atoms with E-state index in [1.54, 1.807) is 0 Å². The van der Waals surface area contributed by atoms with Crippen molar-refractivity contribution in [1.82, 2.24) is 4.83 Å². The molecule has 12 heteroatoms. The average molecular weight is 388 g/mol. The van der Waals surface area contributed by atoms with Gasteiger partial charge in [-0.05, 0) is 18.2 Å². The van der Waals surface area contributed by atoms with E-state index in [4.69, 9.17) is 0 Å². The third-order valence-electron chi connectivity index (χ3n) is 2.89. The number of nitrogens with one attached hydrogen (secondary N) is 2. The second kappa shape index (κ2) is 6.52. The highest BCUT2D eigenvalue weighted by atomic mass is 32.2. The number of hydrogen-bond donors (Lipinski definition) is 2. The van der Waals surface area contributed by atoms with Crippen molar-refractivity contribution >= 4 is 15.7 Å². The van der Waals surface area contributed by atoms with Gasteiger partial charge in [-0.25, -0.2) is 26.0 Å². The summed E-state index contributed by atoms with van der Waals surface area (Å²) in [6, 6.07) is 2.34. The van der Waals surface area contributed by atoms with Gasteiger partial charge in [0.2, 0.25) is 0 Å². The molecule has 0 saturated carbocycles. The van der Waals surface area contributed by atoms with Gasteiger partial charge >= 0.3 is 6.18 Å². The summed E-state index contributed by atoms with van der Waals surface area (Å²) < 4.78 is 114. The molecule has 136 valence electrons. The average Bonchev–Trinajstić information content (AvgIpc) is 2.52. The van der Waals surface area contributed by atoms with Gasteiger partial charge in [-0.1, -0.05) is 6.07 Å². The van der Waals surface area contributed by atoms with Crippen LogP contribution in [0.4, 0.5) is 36.4 Å². The van der Waals surface area contributed by atoms with Crippen molar-refractivity contribution in [3.63, 3.8) is 0 Å². The van der Waals surface area contributed by atoms with Gasteiger partial charge in [-0.15, -0.1) is 4.83 Å². The molecule has 0 radical (unpaired) electrons. The Morgan fingerprint density at radius 3 is 1.96 bits per heavy atom. The van der Waals surface area contributed by atoms with E-state index in [0.717, 1.165) is 12.1 Å². The fourth-order valence-electron chi connectivity index (χ4n) is 1.70. The molecule has 0 aliphatic carbocycles. The standard InChI is InChI=1S/C13H7F7N2O2S/c14-8-5-9(15)11(17)12(10(8)16)21-22-25(23,24)7-3-1-2-6(4-7)13(18,19)20/h1-5,21-22H. The van der Waals surface area contributed by atoms with E-state index in [0.29, 0.717) is 6.07 Å². The lowest BCUT2D eigenvalue weighted by Crippen LogP contribution is -2.31. The largest absolute Gasteiger partial charge is 0.416 e. The lowest BCUT2D eigenvalue weighted by atomic mass is 10.2.